The summed E-state index contributed by atoms with van der Waals surface area (Å²) in [6.07, 6.45) is 6.41. The van der Waals surface area contributed by atoms with Crippen LogP contribution >= 0.6 is 0 Å². The Labute approximate surface area is 120 Å². The summed E-state index contributed by atoms with van der Waals surface area (Å²) in [5.41, 5.74) is 5.70. The van der Waals surface area contributed by atoms with Gasteiger partial charge in [-0.15, -0.1) is 0 Å². The molecule has 0 aliphatic heterocycles. The van der Waals surface area contributed by atoms with Gasteiger partial charge >= 0.3 is 0 Å². The molecule has 0 heterocycles. The first-order valence-corrected chi connectivity index (χ1v) is 7.94. The molecule has 1 saturated carbocycles. The van der Waals surface area contributed by atoms with Gasteiger partial charge in [-0.2, -0.15) is 0 Å². The first-order valence-electron chi connectivity index (χ1n) is 7.94. The van der Waals surface area contributed by atoms with Crippen LogP contribution in [0.3, 0.4) is 0 Å². The second-order valence-electron chi connectivity index (χ2n) is 7.10. The third-order valence-corrected chi connectivity index (χ3v) is 6.08. The lowest BCUT2D eigenvalue weighted by molar-refractivity contribution is -0.126. The van der Waals surface area contributed by atoms with Gasteiger partial charge in [0.2, 0.25) is 0 Å². The second-order valence-corrected chi connectivity index (χ2v) is 7.10. The van der Waals surface area contributed by atoms with Crippen molar-refractivity contribution in [1.29, 1.82) is 0 Å². The predicted molar refractivity (Wildman–Crippen MR) is 77.9 cm³/mol. The summed E-state index contributed by atoms with van der Waals surface area (Å²) in [4.78, 5) is 12.2. The van der Waals surface area contributed by atoms with Crippen LogP contribution < -0.4 is 0 Å². The average molecular weight is 270 g/mol. The number of hydrogen-bond acceptors (Lipinski definition) is 2. The quantitative estimate of drug-likeness (QED) is 0.787. The molecule has 1 fully saturated rings. The topological polar surface area (TPSA) is 37.3 Å². The van der Waals surface area contributed by atoms with Crippen molar-refractivity contribution in [2.24, 2.45) is 5.41 Å². The third-order valence-electron chi connectivity index (χ3n) is 6.08. The monoisotopic (exact) mass is 270 g/mol. The predicted octanol–water partition coefficient (Wildman–Crippen LogP) is 2.94. The Bertz CT molecular complexity index is 589. The van der Waals surface area contributed by atoms with E-state index in [4.69, 9.17) is 0 Å². The number of fused-ring (bicyclic) bond motifs is 5. The maximum absolute atomic E-state index is 12.2. The van der Waals surface area contributed by atoms with Gasteiger partial charge in [-0.1, -0.05) is 19.1 Å². The standard InChI is InChI=1S/C18H22O2/c1-18-9-8-14-13-5-3-12(19)10-11(13)2-4-15(14)16(18)6-7-17(18)20/h2,4,12,16,19H,3,5-10H2,1H3/t12-,16?,18?/m0/s1. The van der Waals surface area contributed by atoms with Crippen LogP contribution in [0.15, 0.2) is 12.1 Å². The number of carbonyl (C=O) groups is 1. The van der Waals surface area contributed by atoms with Crippen molar-refractivity contribution in [2.75, 3.05) is 0 Å². The van der Waals surface area contributed by atoms with Crippen LogP contribution in [0.5, 0.6) is 0 Å². The number of rotatable bonds is 0. The van der Waals surface area contributed by atoms with Crippen molar-refractivity contribution >= 4 is 5.78 Å². The molecule has 0 saturated heterocycles. The fraction of sp³-hybridized carbons (Fsp3) is 0.611. The summed E-state index contributed by atoms with van der Waals surface area (Å²) in [5.74, 6) is 0.914. The van der Waals surface area contributed by atoms with Crippen LogP contribution in [0.1, 0.15) is 60.8 Å². The van der Waals surface area contributed by atoms with Crippen LogP contribution in [0, 0.1) is 5.41 Å². The number of Topliss-reactive ketones (excluding diaryl/α,β-unsaturated/α-hetero) is 1. The van der Waals surface area contributed by atoms with Crippen LogP contribution in [0.2, 0.25) is 0 Å². The van der Waals surface area contributed by atoms with Gasteiger partial charge in [-0.05, 0) is 66.7 Å². The van der Waals surface area contributed by atoms with E-state index in [1.54, 1.807) is 0 Å². The zero-order valence-corrected chi connectivity index (χ0v) is 12.1. The van der Waals surface area contributed by atoms with Crippen molar-refractivity contribution in [3.05, 3.63) is 34.4 Å². The van der Waals surface area contributed by atoms with Gasteiger partial charge in [-0.3, -0.25) is 4.79 Å². The number of hydrogen-bond donors (Lipinski definition) is 1. The minimum Gasteiger partial charge on any atom is -0.393 e. The van der Waals surface area contributed by atoms with Gasteiger partial charge < -0.3 is 5.11 Å². The minimum atomic E-state index is -0.164. The molecule has 2 heteroatoms. The van der Waals surface area contributed by atoms with E-state index < -0.39 is 0 Å². The summed E-state index contributed by atoms with van der Waals surface area (Å²) < 4.78 is 0. The molecular formula is C18H22O2. The summed E-state index contributed by atoms with van der Waals surface area (Å²) in [6, 6.07) is 4.47. The van der Waals surface area contributed by atoms with E-state index in [1.807, 2.05) is 0 Å². The fourth-order valence-corrected chi connectivity index (χ4v) is 4.82. The van der Waals surface area contributed by atoms with E-state index in [-0.39, 0.29) is 11.5 Å². The highest BCUT2D eigenvalue weighted by Crippen LogP contribution is 2.54. The van der Waals surface area contributed by atoms with E-state index >= 15 is 0 Å². The van der Waals surface area contributed by atoms with Crippen molar-refractivity contribution < 1.29 is 9.90 Å². The van der Waals surface area contributed by atoms with E-state index in [9.17, 15) is 9.90 Å². The summed E-state index contributed by atoms with van der Waals surface area (Å²) >= 11 is 0. The minimum absolute atomic E-state index is 0.102. The lowest BCUT2D eigenvalue weighted by Crippen LogP contribution is -2.33. The SMILES string of the molecule is CC12CCc3c(ccc4c3CC[C@H](O)C4)C1CCC2=O. The molecule has 3 atom stereocenters. The highest BCUT2D eigenvalue weighted by Gasteiger charge is 2.49. The highest BCUT2D eigenvalue weighted by molar-refractivity contribution is 5.88. The first-order chi connectivity index (χ1) is 9.59. The average Bonchev–Trinajstić information content (AvgIpc) is 2.74. The van der Waals surface area contributed by atoms with Crippen molar-refractivity contribution in [2.45, 2.75) is 63.9 Å². The highest BCUT2D eigenvalue weighted by atomic mass is 16.3. The molecule has 106 valence electrons. The molecule has 3 aliphatic rings. The Kier molecular flexibility index (Phi) is 2.62. The lowest BCUT2D eigenvalue weighted by Gasteiger charge is -2.38. The van der Waals surface area contributed by atoms with Gasteiger partial charge in [-0.25, -0.2) is 0 Å². The van der Waals surface area contributed by atoms with Gasteiger partial charge in [0.05, 0.1) is 6.10 Å². The van der Waals surface area contributed by atoms with Gasteiger partial charge in [0.1, 0.15) is 5.78 Å². The number of aliphatic hydroxyl groups is 1. The van der Waals surface area contributed by atoms with Gasteiger partial charge in [0, 0.05) is 11.8 Å². The summed E-state index contributed by atoms with van der Waals surface area (Å²) in [5, 5.41) is 9.84. The van der Waals surface area contributed by atoms with Crippen LogP contribution in [-0.2, 0) is 24.1 Å². The van der Waals surface area contributed by atoms with E-state index in [0.717, 1.165) is 44.9 Å². The maximum Gasteiger partial charge on any atom is 0.139 e. The molecule has 3 aliphatic carbocycles. The molecule has 1 aromatic rings. The van der Waals surface area contributed by atoms with Crippen molar-refractivity contribution in [3.63, 3.8) is 0 Å². The molecule has 0 amide bonds. The zero-order valence-electron chi connectivity index (χ0n) is 12.1. The molecule has 2 unspecified atom stereocenters. The lowest BCUT2D eigenvalue weighted by atomic mass is 9.65. The number of ketones is 1. The molecule has 4 rings (SSSR count). The van der Waals surface area contributed by atoms with Crippen molar-refractivity contribution in [1.82, 2.24) is 0 Å². The van der Waals surface area contributed by atoms with E-state index in [0.29, 0.717) is 11.7 Å². The van der Waals surface area contributed by atoms with Gasteiger partial charge in [0.25, 0.3) is 0 Å². The maximum atomic E-state index is 12.2. The largest absolute Gasteiger partial charge is 0.393 e. The molecule has 0 radical (unpaired) electrons. The Morgan fingerprint density at radius 2 is 2.00 bits per heavy atom. The Hall–Kier alpha value is -1.15. The van der Waals surface area contributed by atoms with E-state index in [1.165, 1.54) is 22.3 Å². The van der Waals surface area contributed by atoms with Crippen LogP contribution in [0.4, 0.5) is 0 Å². The molecule has 20 heavy (non-hydrogen) atoms. The molecule has 1 N–H and O–H groups in total. The summed E-state index contributed by atoms with van der Waals surface area (Å²) in [7, 11) is 0. The Morgan fingerprint density at radius 1 is 1.15 bits per heavy atom. The molecule has 0 bridgehead atoms. The van der Waals surface area contributed by atoms with Crippen LogP contribution in [-0.4, -0.2) is 17.0 Å². The van der Waals surface area contributed by atoms with Crippen LogP contribution in [0.25, 0.3) is 0 Å². The Balaban J connectivity index is 1.82. The second kappa shape index (κ2) is 4.17. The molecule has 0 spiro atoms. The normalized spacial score (nSPS) is 35.4. The summed E-state index contributed by atoms with van der Waals surface area (Å²) in [6.45, 7) is 2.18. The molecule has 1 aromatic carbocycles. The third kappa shape index (κ3) is 1.57. The van der Waals surface area contributed by atoms with Gasteiger partial charge in [0.15, 0.2) is 0 Å². The van der Waals surface area contributed by atoms with Crippen molar-refractivity contribution in [3.8, 4) is 0 Å². The molecule has 2 nitrogen and oxygen atoms in total. The number of benzene rings is 1. The molecule has 0 aromatic heterocycles. The smallest absolute Gasteiger partial charge is 0.139 e. The molecular weight excluding hydrogens is 248 g/mol. The fourth-order valence-electron chi connectivity index (χ4n) is 4.82. The van der Waals surface area contributed by atoms with E-state index in [2.05, 4.69) is 19.1 Å². The first kappa shape index (κ1) is 12.6. The number of carbonyl (C=O) groups excluding carboxylic acids is 1. The Morgan fingerprint density at radius 3 is 2.85 bits per heavy atom. The number of aliphatic hydroxyl groups excluding tert-OH is 1. The zero-order chi connectivity index (χ0) is 13.9.